The second-order valence-corrected chi connectivity index (χ2v) is 5.38. The van der Waals surface area contributed by atoms with E-state index in [9.17, 15) is 4.39 Å². The van der Waals surface area contributed by atoms with Gasteiger partial charge in [-0.3, -0.25) is 4.99 Å². The minimum Gasteiger partial charge on any atom is -0.487 e. The molecule has 0 spiro atoms. The molecule has 0 unspecified atom stereocenters. The lowest BCUT2D eigenvalue weighted by atomic mass is 10.0. The van der Waals surface area contributed by atoms with Gasteiger partial charge in [-0.1, -0.05) is 17.7 Å². The van der Waals surface area contributed by atoms with Crippen LogP contribution >= 0.6 is 11.6 Å². The Morgan fingerprint density at radius 1 is 1.32 bits per heavy atom. The van der Waals surface area contributed by atoms with Crippen molar-refractivity contribution < 1.29 is 9.13 Å². The summed E-state index contributed by atoms with van der Waals surface area (Å²) in [5, 5.41) is 9.23. The van der Waals surface area contributed by atoms with Crippen molar-refractivity contribution in [3.8, 4) is 11.8 Å². The molecule has 5 heteroatoms. The van der Waals surface area contributed by atoms with Gasteiger partial charge >= 0.3 is 0 Å². The van der Waals surface area contributed by atoms with E-state index >= 15 is 0 Å². The maximum atomic E-state index is 13.8. The Morgan fingerprint density at radius 3 is 2.95 bits per heavy atom. The molecule has 3 nitrogen and oxygen atoms in total. The fourth-order valence-corrected chi connectivity index (χ4v) is 2.54. The maximum Gasteiger partial charge on any atom is 0.139 e. The predicted molar refractivity (Wildman–Crippen MR) is 83.1 cm³/mol. The number of hydrogen-bond acceptors (Lipinski definition) is 3. The minimum absolute atomic E-state index is 0.0488. The highest BCUT2D eigenvalue weighted by atomic mass is 35.5. The van der Waals surface area contributed by atoms with Gasteiger partial charge in [0.2, 0.25) is 0 Å². The number of halogens is 2. The summed E-state index contributed by atoms with van der Waals surface area (Å²) < 4.78 is 19.5. The van der Waals surface area contributed by atoms with Crippen LogP contribution in [0.4, 0.5) is 4.39 Å². The standard InChI is InChI=1S/C17H12ClFN2O/c18-15-6-12-3-4-21-9-14(12)7-17(15)22-10-13-2-1-11(8-20)5-16(13)19/h1-2,5-7,9H,3-4,10H2. The van der Waals surface area contributed by atoms with Crippen molar-refractivity contribution in [2.75, 3.05) is 6.54 Å². The van der Waals surface area contributed by atoms with Crippen molar-refractivity contribution in [2.45, 2.75) is 13.0 Å². The zero-order valence-corrected chi connectivity index (χ0v) is 12.4. The van der Waals surface area contributed by atoms with Gasteiger partial charge in [0.05, 0.1) is 16.7 Å². The van der Waals surface area contributed by atoms with Crippen LogP contribution in [0.2, 0.25) is 5.02 Å². The van der Waals surface area contributed by atoms with Crippen LogP contribution in [0.3, 0.4) is 0 Å². The molecule has 3 rings (SSSR count). The summed E-state index contributed by atoms with van der Waals surface area (Å²) >= 11 is 6.21. The summed E-state index contributed by atoms with van der Waals surface area (Å²) in [4.78, 5) is 4.23. The molecular formula is C17H12ClFN2O. The Morgan fingerprint density at radius 2 is 2.18 bits per heavy atom. The van der Waals surface area contributed by atoms with E-state index in [2.05, 4.69) is 4.99 Å². The van der Waals surface area contributed by atoms with E-state index in [1.54, 1.807) is 18.3 Å². The van der Waals surface area contributed by atoms with E-state index < -0.39 is 5.82 Å². The summed E-state index contributed by atoms with van der Waals surface area (Å²) in [6.07, 6.45) is 2.65. The number of aliphatic imine (C=N–C) groups is 1. The van der Waals surface area contributed by atoms with Gasteiger partial charge in [0.25, 0.3) is 0 Å². The molecule has 0 bridgehead atoms. The molecule has 1 aliphatic heterocycles. The van der Waals surface area contributed by atoms with Gasteiger partial charge in [-0.25, -0.2) is 4.39 Å². The normalized spacial score (nSPS) is 12.6. The quantitative estimate of drug-likeness (QED) is 0.862. The molecule has 0 saturated carbocycles. The van der Waals surface area contributed by atoms with Gasteiger partial charge in [0.15, 0.2) is 0 Å². The summed E-state index contributed by atoms with van der Waals surface area (Å²) in [5.41, 5.74) is 2.77. The van der Waals surface area contributed by atoms with Crippen LogP contribution < -0.4 is 4.74 Å². The molecule has 0 N–H and O–H groups in total. The number of benzene rings is 2. The smallest absolute Gasteiger partial charge is 0.139 e. The highest BCUT2D eigenvalue weighted by molar-refractivity contribution is 6.32. The lowest BCUT2D eigenvalue weighted by Crippen LogP contribution is -2.05. The predicted octanol–water partition coefficient (Wildman–Crippen LogP) is 3.90. The molecule has 2 aromatic carbocycles. The summed E-state index contributed by atoms with van der Waals surface area (Å²) in [6.45, 7) is 0.813. The molecule has 22 heavy (non-hydrogen) atoms. The Bertz CT molecular complexity index is 796. The summed E-state index contributed by atoms with van der Waals surface area (Å²) in [6, 6.07) is 9.88. The highest BCUT2D eigenvalue weighted by Crippen LogP contribution is 2.30. The Hall–Kier alpha value is -2.38. The van der Waals surface area contributed by atoms with Crippen molar-refractivity contribution in [2.24, 2.45) is 4.99 Å². The topological polar surface area (TPSA) is 45.4 Å². The molecule has 0 saturated heterocycles. The van der Waals surface area contributed by atoms with Gasteiger partial charge in [0.1, 0.15) is 18.2 Å². The van der Waals surface area contributed by atoms with Crippen LogP contribution in [0, 0.1) is 17.1 Å². The zero-order valence-electron chi connectivity index (χ0n) is 11.6. The average molecular weight is 315 g/mol. The first kappa shape index (κ1) is 14.6. The molecule has 0 aromatic heterocycles. The molecule has 0 radical (unpaired) electrons. The summed E-state index contributed by atoms with van der Waals surface area (Å²) in [7, 11) is 0. The van der Waals surface area contributed by atoms with E-state index in [0.717, 1.165) is 24.1 Å². The third-order valence-corrected chi connectivity index (χ3v) is 3.80. The van der Waals surface area contributed by atoms with E-state index in [1.807, 2.05) is 18.2 Å². The Kier molecular flexibility index (Phi) is 4.08. The monoisotopic (exact) mass is 314 g/mol. The van der Waals surface area contributed by atoms with Gasteiger partial charge in [0, 0.05) is 18.3 Å². The zero-order chi connectivity index (χ0) is 15.5. The van der Waals surface area contributed by atoms with E-state index in [4.69, 9.17) is 21.6 Å². The molecule has 0 fully saturated rings. The van der Waals surface area contributed by atoms with Crippen molar-refractivity contribution in [1.82, 2.24) is 0 Å². The second kappa shape index (κ2) is 6.17. The third-order valence-electron chi connectivity index (χ3n) is 3.50. The van der Waals surface area contributed by atoms with Crippen molar-refractivity contribution in [3.05, 3.63) is 63.4 Å². The number of nitrogens with zero attached hydrogens (tertiary/aromatic N) is 2. The number of fused-ring (bicyclic) bond motifs is 1. The second-order valence-electron chi connectivity index (χ2n) is 4.97. The number of nitriles is 1. The van der Waals surface area contributed by atoms with Gasteiger partial charge in [-0.15, -0.1) is 0 Å². The molecule has 110 valence electrons. The van der Waals surface area contributed by atoms with Crippen LogP contribution in [0.1, 0.15) is 22.3 Å². The first-order valence-corrected chi connectivity index (χ1v) is 7.19. The first-order chi connectivity index (χ1) is 10.7. The number of ether oxygens (including phenoxy) is 1. The van der Waals surface area contributed by atoms with Crippen molar-refractivity contribution in [3.63, 3.8) is 0 Å². The highest BCUT2D eigenvalue weighted by Gasteiger charge is 2.12. The average Bonchev–Trinajstić information content (AvgIpc) is 2.53. The largest absolute Gasteiger partial charge is 0.487 e. The van der Waals surface area contributed by atoms with Gasteiger partial charge in [-0.2, -0.15) is 5.26 Å². The number of rotatable bonds is 3. The molecule has 1 heterocycles. The maximum absolute atomic E-state index is 13.8. The fraction of sp³-hybridized carbons (Fsp3) is 0.176. The molecule has 2 aromatic rings. The van der Waals surface area contributed by atoms with Gasteiger partial charge in [-0.05, 0) is 41.8 Å². The SMILES string of the molecule is N#Cc1ccc(COc2cc3c(cc2Cl)CCN=C3)c(F)c1. The fourth-order valence-electron chi connectivity index (χ4n) is 2.29. The third kappa shape index (κ3) is 2.95. The number of hydrogen-bond donors (Lipinski definition) is 0. The van der Waals surface area contributed by atoms with E-state index in [0.29, 0.717) is 16.3 Å². The summed E-state index contributed by atoms with van der Waals surface area (Å²) in [5.74, 6) is 0.0345. The van der Waals surface area contributed by atoms with Crippen LogP contribution in [-0.4, -0.2) is 12.8 Å². The lowest BCUT2D eigenvalue weighted by Gasteiger charge is -2.14. The molecular weight excluding hydrogens is 303 g/mol. The Labute approximate surface area is 132 Å². The van der Waals surface area contributed by atoms with Crippen LogP contribution in [0.5, 0.6) is 5.75 Å². The van der Waals surface area contributed by atoms with Gasteiger partial charge < -0.3 is 4.74 Å². The Balaban J connectivity index is 1.80. The van der Waals surface area contributed by atoms with Crippen LogP contribution in [0.25, 0.3) is 0 Å². The van der Waals surface area contributed by atoms with E-state index in [-0.39, 0.29) is 12.2 Å². The molecule has 0 atom stereocenters. The van der Waals surface area contributed by atoms with E-state index in [1.165, 1.54) is 6.07 Å². The van der Waals surface area contributed by atoms with Crippen molar-refractivity contribution in [1.29, 1.82) is 5.26 Å². The molecule has 1 aliphatic rings. The van der Waals surface area contributed by atoms with Crippen LogP contribution in [-0.2, 0) is 13.0 Å². The minimum atomic E-state index is -0.463. The van der Waals surface area contributed by atoms with Crippen molar-refractivity contribution >= 4 is 17.8 Å². The molecule has 0 aliphatic carbocycles. The lowest BCUT2D eigenvalue weighted by molar-refractivity contribution is 0.300. The first-order valence-electron chi connectivity index (χ1n) is 6.81. The molecule has 0 amide bonds. The van der Waals surface area contributed by atoms with Crippen LogP contribution in [0.15, 0.2) is 35.3 Å².